The minimum Gasteiger partial charge on any atom is -0.506 e. The van der Waals surface area contributed by atoms with Gasteiger partial charge in [-0.1, -0.05) is 6.42 Å². The molecule has 0 bridgehead atoms. The second-order valence-electron chi connectivity index (χ2n) is 6.90. The van der Waals surface area contributed by atoms with Crippen molar-refractivity contribution in [2.45, 2.75) is 70.5 Å². The molecule has 1 aromatic heterocycles. The summed E-state index contributed by atoms with van der Waals surface area (Å²) in [6.07, 6.45) is 9.30. The lowest BCUT2D eigenvalue weighted by Gasteiger charge is -2.39. The van der Waals surface area contributed by atoms with Gasteiger partial charge in [0.1, 0.15) is 5.75 Å². The van der Waals surface area contributed by atoms with E-state index in [9.17, 15) is 5.11 Å². The summed E-state index contributed by atoms with van der Waals surface area (Å²) >= 11 is 0. The maximum atomic E-state index is 9.87. The van der Waals surface area contributed by atoms with E-state index in [1.54, 1.807) is 6.07 Å². The zero-order valence-corrected chi connectivity index (χ0v) is 13.7. The summed E-state index contributed by atoms with van der Waals surface area (Å²) in [6.45, 7) is 5.26. The molecule has 0 amide bonds. The first-order valence-electron chi connectivity index (χ1n) is 8.85. The molecule has 122 valence electrons. The highest BCUT2D eigenvalue weighted by atomic mass is 16.3. The van der Waals surface area contributed by atoms with E-state index >= 15 is 0 Å². The van der Waals surface area contributed by atoms with Gasteiger partial charge in [0.15, 0.2) is 0 Å². The number of piperidine rings is 1. The second kappa shape index (κ2) is 7.42. The van der Waals surface area contributed by atoms with Gasteiger partial charge in [0.05, 0.1) is 5.69 Å². The molecule has 1 aromatic rings. The normalized spacial score (nSPS) is 27.0. The van der Waals surface area contributed by atoms with Gasteiger partial charge in [0, 0.05) is 24.3 Å². The quantitative estimate of drug-likeness (QED) is 0.898. The zero-order chi connectivity index (χ0) is 15.4. The molecule has 4 heteroatoms. The number of likely N-dealkylation sites (tertiary alicyclic amines) is 1. The average molecular weight is 303 g/mol. The van der Waals surface area contributed by atoms with Crippen molar-refractivity contribution in [1.82, 2.24) is 15.2 Å². The monoisotopic (exact) mass is 303 g/mol. The number of rotatable bonds is 4. The minimum atomic E-state index is 0.306. The maximum Gasteiger partial charge on any atom is 0.138 e. The van der Waals surface area contributed by atoms with Crippen molar-refractivity contribution >= 4 is 0 Å². The van der Waals surface area contributed by atoms with Crippen LogP contribution in [0.5, 0.6) is 5.75 Å². The zero-order valence-electron chi connectivity index (χ0n) is 13.7. The lowest BCUT2D eigenvalue weighted by atomic mass is 9.89. The molecule has 4 nitrogen and oxygen atoms in total. The van der Waals surface area contributed by atoms with Crippen molar-refractivity contribution in [2.24, 2.45) is 0 Å². The van der Waals surface area contributed by atoms with Gasteiger partial charge in [-0.3, -0.25) is 4.98 Å². The molecule has 3 rings (SSSR count). The van der Waals surface area contributed by atoms with Gasteiger partial charge in [-0.15, -0.1) is 0 Å². The van der Waals surface area contributed by atoms with E-state index in [4.69, 9.17) is 0 Å². The predicted molar refractivity (Wildman–Crippen MR) is 88.9 cm³/mol. The number of nitrogens with zero attached hydrogens (tertiary/aromatic N) is 2. The number of pyridine rings is 1. The number of aromatic hydroxyl groups is 1. The van der Waals surface area contributed by atoms with Crippen LogP contribution in [0, 0.1) is 6.92 Å². The summed E-state index contributed by atoms with van der Waals surface area (Å²) in [6, 6.07) is 4.97. The van der Waals surface area contributed by atoms with Gasteiger partial charge >= 0.3 is 0 Å². The molecule has 2 fully saturated rings. The maximum absolute atomic E-state index is 9.87. The first-order valence-corrected chi connectivity index (χ1v) is 8.85. The Kier molecular flexibility index (Phi) is 5.32. The molecule has 2 heterocycles. The number of hydrogen-bond donors (Lipinski definition) is 2. The molecule has 0 unspecified atom stereocenters. The lowest BCUT2D eigenvalue weighted by molar-refractivity contribution is 0.120. The molecule has 0 atom stereocenters. The molecular weight excluding hydrogens is 274 g/mol. The smallest absolute Gasteiger partial charge is 0.138 e. The van der Waals surface area contributed by atoms with Crippen molar-refractivity contribution in [3.63, 3.8) is 0 Å². The van der Waals surface area contributed by atoms with Crippen molar-refractivity contribution in [1.29, 1.82) is 0 Å². The molecule has 1 aliphatic carbocycles. The van der Waals surface area contributed by atoms with Crippen molar-refractivity contribution in [2.75, 3.05) is 13.1 Å². The standard InChI is InChI=1S/C18H29N3O/c1-14-5-10-18(22)17(20-14)13-19-15-6-8-16(9-7-15)21-11-3-2-4-12-21/h5,10,15-16,19,22H,2-4,6-9,11-13H2,1H3. The summed E-state index contributed by atoms with van der Waals surface area (Å²) in [5.41, 5.74) is 1.74. The van der Waals surface area contributed by atoms with Crippen LogP contribution in [0.15, 0.2) is 12.1 Å². The van der Waals surface area contributed by atoms with Gasteiger partial charge in [-0.2, -0.15) is 0 Å². The number of aryl methyl sites for hydroxylation is 1. The third kappa shape index (κ3) is 3.99. The van der Waals surface area contributed by atoms with Crippen LogP contribution in [-0.4, -0.2) is 40.2 Å². The fourth-order valence-electron chi connectivity index (χ4n) is 3.90. The summed E-state index contributed by atoms with van der Waals surface area (Å²) in [4.78, 5) is 7.14. The number of hydrogen-bond acceptors (Lipinski definition) is 4. The van der Waals surface area contributed by atoms with Crippen LogP contribution >= 0.6 is 0 Å². The Morgan fingerprint density at radius 1 is 1.14 bits per heavy atom. The molecular formula is C18H29N3O. The summed E-state index contributed by atoms with van der Waals surface area (Å²) in [5.74, 6) is 0.306. The third-order valence-corrected chi connectivity index (χ3v) is 5.25. The van der Waals surface area contributed by atoms with Crippen LogP contribution in [-0.2, 0) is 6.54 Å². The highest BCUT2D eigenvalue weighted by Gasteiger charge is 2.26. The first-order chi connectivity index (χ1) is 10.7. The molecule has 0 radical (unpaired) electrons. The molecule has 1 aliphatic heterocycles. The largest absolute Gasteiger partial charge is 0.506 e. The van der Waals surface area contributed by atoms with Crippen LogP contribution in [0.2, 0.25) is 0 Å². The van der Waals surface area contributed by atoms with Crippen LogP contribution in [0.1, 0.15) is 56.3 Å². The van der Waals surface area contributed by atoms with E-state index < -0.39 is 0 Å². The first kappa shape index (κ1) is 15.8. The molecule has 1 saturated heterocycles. The average Bonchev–Trinajstić information content (AvgIpc) is 2.57. The van der Waals surface area contributed by atoms with Crippen LogP contribution < -0.4 is 5.32 Å². The summed E-state index contributed by atoms with van der Waals surface area (Å²) in [7, 11) is 0. The topological polar surface area (TPSA) is 48.4 Å². The van der Waals surface area contributed by atoms with Gasteiger partial charge in [0.25, 0.3) is 0 Å². The Morgan fingerprint density at radius 2 is 1.86 bits per heavy atom. The van der Waals surface area contributed by atoms with Crippen molar-refractivity contribution < 1.29 is 5.11 Å². The van der Waals surface area contributed by atoms with Gasteiger partial charge < -0.3 is 15.3 Å². The van der Waals surface area contributed by atoms with Crippen LogP contribution in [0.4, 0.5) is 0 Å². The molecule has 1 saturated carbocycles. The Labute approximate surface area is 133 Å². The van der Waals surface area contributed by atoms with Gasteiger partial charge in [-0.05, 0) is 70.7 Å². The Hall–Kier alpha value is -1.13. The Morgan fingerprint density at radius 3 is 2.59 bits per heavy atom. The number of aromatic nitrogens is 1. The van der Waals surface area contributed by atoms with Gasteiger partial charge in [0.2, 0.25) is 0 Å². The van der Waals surface area contributed by atoms with E-state index in [1.807, 2.05) is 13.0 Å². The fourth-order valence-corrected chi connectivity index (χ4v) is 3.90. The highest BCUT2D eigenvalue weighted by molar-refractivity contribution is 5.27. The summed E-state index contributed by atoms with van der Waals surface area (Å²) in [5, 5.41) is 13.5. The molecule has 0 aromatic carbocycles. The molecule has 2 N–H and O–H groups in total. The van der Waals surface area contributed by atoms with E-state index in [1.165, 1.54) is 58.0 Å². The van der Waals surface area contributed by atoms with Crippen LogP contribution in [0.25, 0.3) is 0 Å². The van der Waals surface area contributed by atoms with E-state index in [0.29, 0.717) is 18.3 Å². The number of nitrogens with one attached hydrogen (secondary N) is 1. The SMILES string of the molecule is Cc1ccc(O)c(CNC2CCC(N3CCCCC3)CC2)n1. The van der Waals surface area contributed by atoms with Crippen molar-refractivity contribution in [3.8, 4) is 5.75 Å². The lowest BCUT2D eigenvalue weighted by Crippen LogP contribution is -2.44. The summed E-state index contributed by atoms with van der Waals surface area (Å²) < 4.78 is 0. The van der Waals surface area contributed by atoms with E-state index in [0.717, 1.165) is 17.4 Å². The van der Waals surface area contributed by atoms with Crippen molar-refractivity contribution in [3.05, 3.63) is 23.5 Å². The fraction of sp³-hybridized carbons (Fsp3) is 0.722. The third-order valence-electron chi connectivity index (χ3n) is 5.25. The predicted octanol–water partition coefficient (Wildman–Crippen LogP) is 2.98. The Bertz CT molecular complexity index is 477. The highest BCUT2D eigenvalue weighted by Crippen LogP contribution is 2.26. The molecule has 22 heavy (non-hydrogen) atoms. The molecule has 0 spiro atoms. The molecule has 2 aliphatic rings. The Balaban J connectivity index is 1.44. The minimum absolute atomic E-state index is 0.306. The van der Waals surface area contributed by atoms with Gasteiger partial charge in [-0.25, -0.2) is 0 Å². The van der Waals surface area contributed by atoms with Crippen LogP contribution in [0.3, 0.4) is 0 Å². The second-order valence-corrected chi connectivity index (χ2v) is 6.90. The van der Waals surface area contributed by atoms with E-state index in [-0.39, 0.29) is 0 Å². The van der Waals surface area contributed by atoms with E-state index in [2.05, 4.69) is 15.2 Å².